The average molecular weight is 639 g/mol. The number of hydrogen-bond acceptors (Lipinski definition) is 6. The van der Waals surface area contributed by atoms with Crippen molar-refractivity contribution in [3.63, 3.8) is 0 Å². The van der Waals surface area contributed by atoms with Crippen LogP contribution in [0.1, 0.15) is 202 Å². The maximum absolute atomic E-state index is 12.6. The van der Waals surface area contributed by atoms with Gasteiger partial charge in [-0.3, -0.25) is 14.4 Å². The van der Waals surface area contributed by atoms with Gasteiger partial charge in [0, 0.05) is 19.3 Å². The molecule has 6 heteroatoms. The molecule has 45 heavy (non-hydrogen) atoms. The third-order valence-electron chi connectivity index (χ3n) is 8.83. The maximum Gasteiger partial charge on any atom is 0.306 e. The predicted octanol–water partition coefficient (Wildman–Crippen LogP) is 11.5. The molecule has 0 N–H and O–H groups in total. The van der Waals surface area contributed by atoms with Crippen molar-refractivity contribution in [3.8, 4) is 0 Å². The first-order chi connectivity index (χ1) is 21.8. The molecule has 0 spiro atoms. The highest BCUT2D eigenvalue weighted by Crippen LogP contribution is 2.16. The molecule has 1 unspecified atom stereocenters. The van der Waals surface area contributed by atoms with Crippen LogP contribution in [0.15, 0.2) is 0 Å². The summed E-state index contributed by atoms with van der Waals surface area (Å²) in [6, 6.07) is 0. The lowest BCUT2D eigenvalue weighted by atomic mass is 10.00. The van der Waals surface area contributed by atoms with E-state index < -0.39 is 6.10 Å². The lowest BCUT2D eigenvalue weighted by Gasteiger charge is -2.18. The molecule has 0 radical (unpaired) electrons. The molecule has 6 nitrogen and oxygen atoms in total. The van der Waals surface area contributed by atoms with E-state index in [0.29, 0.717) is 19.3 Å². The molecular weight excluding hydrogens is 564 g/mol. The first-order valence-electron chi connectivity index (χ1n) is 19.3. The van der Waals surface area contributed by atoms with Gasteiger partial charge in [-0.1, -0.05) is 163 Å². The maximum atomic E-state index is 12.6. The SMILES string of the molecule is CCCCCCCCCC(=O)OC[C@H](COC(=O)CCCCCCCCC(C)CC)OC(=O)CCCCCCCCCC(C)C. The van der Waals surface area contributed by atoms with E-state index in [2.05, 4.69) is 34.6 Å². The quantitative estimate of drug-likeness (QED) is 0.0404. The fraction of sp³-hybridized carbons (Fsp3) is 0.923. The number of esters is 3. The summed E-state index contributed by atoms with van der Waals surface area (Å²) >= 11 is 0. The van der Waals surface area contributed by atoms with Crippen LogP contribution in [0.3, 0.4) is 0 Å². The molecule has 266 valence electrons. The number of rotatable bonds is 33. The lowest BCUT2D eigenvalue weighted by Crippen LogP contribution is -2.30. The van der Waals surface area contributed by atoms with E-state index in [9.17, 15) is 14.4 Å². The second-order valence-corrected chi connectivity index (χ2v) is 13.9. The summed E-state index contributed by atoms with van der Waals surface area (Å²) in [6.45, 7) is 11.2. The topological polar surface area (TPSA) is 78.9 Å². The van der Waals surface area contributed by atoms with E-state index in [1.54, 1.807) is 0 Å². The minimum absolute atomic E-state index is 0.0681. The van der Waals surface area contributed by atoms with Crippen LogP contribution in [0.25, 0.3) is 0 Å². The van der Waals surface area contributed by atoms with Gasteiger partial charge >= 0.3 is 17.9 Å². The van der Waals surface area contributed by atoms with Crippen LogP contribution in [0.4, 0.5) is 0 Å². The van der Waals surface area contributed by atoms with E-state index in [1.807, 2.05) is 0 Å². The van der Waals surface area contributed by atoms with Crippen molar-refractivity contribution in [1.82, 2.24) is 0 Å². The number of hydrogen-bond donors (Lipinski definition) is 0. The fourth-order valence-corrected chi connectivity index (χ4v) is 5.48. The molecular formula is C39H74O6. The van der Waals surface area contributed by atoms with Crippen LogP contribution in [0.2, 0.25) is 0 Å². The molecule has 0 saturated heterocycles. The highest BCUT2D eigenvalue weighted by molar-refractivity contribution is 5.71. The Bertz CT molecular complexity index is 691. The van der Waals surface area contributed by atoms with Crippen molar-refractivity contribution < 1.29 is 28.6 Å². The van der Waals surface area contributed by atoms with Gasteiger partial charge in [0.25, 0.3) is 0 Å². The standard InChI is InChI=1S/C39H74O6/c1-6-8-9-10-12-19-24-29-37(40)43-32-36(45-39(42)31-26-21-14-11-13-17-22-27-34(3)4)33-44-38(41)30-25-20-16-15-18-23-28-35(5)7-2/h34-36H,6-33H2,1-5H3/t35?,36-/m1/s1. The predicted molar refractivity (Wildman–Crippen MR) is 187 cm³/mol. The second kappa shape index (κ2) is 32.4. The van der Waals surface area contributed by atoms with Crippen LogP contribution in [0.5, 0.6) is 0 Å². The molecule has 0 aromatic carbocycles. The Labute approximate surface area is 278 Å². The van der Waals surface area contributed by atoms with E-state index >= 15 is 0 Å². The largest absolute Gasteiger partial charge is 0.462 e. The Morgan fingerprint density at radius 3 is 1.27 bits per heavy atom. The zero-order valence-electron chi connectivity index (χ0n) is 30.5. The Balaban J connectivity index is 4.37. The molecule has 0 aromatic rings. The van der Waals surface area contributed by atoms with Crippen molar-refractivity contribution in [1.29, 1.82) is 0 Å². The zero-order valence-corrected chi connectivity index (χ0v) is 30.5. The second-order valence-electron chi connectivity index (χ2n) is 13.9. The minimum atomic E-state index is -0.758. The number of carbonyl (C=O) groups is 3. The third-order valence-corrected chi connectivity index (χ3v) is 8.83. The summed E-state index contributed by atoms with van der Waals surface area (Å²) in [4.78, 5) is 37.3. The van der Waals surface area contributed by atoms with Gasteiger partial charge in [-0.25, -0.2) is 0 Å². The van der Waals surface area contributed by atoms with Crippen LogP contribution in [-0.4, -0.2) is 37.2 Å². The molecule has 0 amide bonds. The summed E-state index contributed by atoms with van der Waals surface area (Å²) in [7, 11) is 0. The molecule has 0 aromatic heterocycles. The number of unbranched alkanes of at least 4 members (excludes halogenated alkanes) is 17. The Kier molecular flexibility index (Phi) is 31.2. The van der Waals surface area contributed by atoms with Crippen LogP contribution >= 0.6 is 0 Å². The van der Waals surface area contributed by atoms with E-state index in [4.69, 9.17) is 14.2 Å². The molecule has 2 atom stereocenters. The summed E-state index contributed by atoms with van der Waals surface area (Å²) in [6.07, 6.45) is 26.8. The summed E-state index contributed by atoms with van der Waals surface area (Å²) in [5.74, 6) is 0.713. The summed E-state index contributed by atoms with van der Waals surface area (Å²) < 4.78 is 16.5. The number of carbonyl (C=O) groups excluding carboxylic acids is 3. The summed E-state index contributed by atoms with van der Waals surface area (Å²) in [5, 5.41) is 0. The van der Waals surface area contributed by atoms with E-state index in [-0.39, 0.29) is 31.1 Å². The van der Waals surface area contributed by atoms with Crippen molar-refractivity contribution >= 4 is 17.9 Å². The van der Waals surface area contributed by atoms with Crippen molar-refractivity contribution in [2.75, 3.05) is 13.2 Å². The van der Waals surface area contributed by atoms with Gasteiger partial charge in [-0.05, 0) is 31.1 Å². The van der Waals surface area contributed by atoms with Gasteiger partial charge in [0.2, 0.25) is 0 Å². The molecule has 0 aliphatic carbocycles. The number of ether oxygens (including phenoxy) is 3. The smallest absolute Gasteiger partial charge is 0.306 e. The van der Waals surface area contributed by atoms with Crippen LogP contribution in [0, 0.1) is 11.8 Å². The lowest BCUT2D eigenvalue weighted by molar-refractivity contribution is -0.167. The Morgan fingerprint density at radius 1 is 0.467 bits per heavy atom. The van der Waals surface area contributed by atoms with Gasteiger partial charge in [0.1, 0.15) is 13.2 Å². The summed E-state index contributed by atoms with van der Waals surface area (Å²) in [5.41, 5.74) is 0. The fourth-order valence-electron chi connectivity index (χ4n) is 5.48. The van der Waals surface area contributed by atoms with Gasteiger partial charge in [-0.15, -0.1) is 0 Å². The van der Waals surface area contributed by atoms with Crippen LogP contribution < -0.4 is 0 Å². The molecule has 0 aliphatic heterocycles. The van der Waals surface area contributed by atoms with Gasteiger partial charge < -0.3 is 14.2 Å². The average Bonchev–Trinajstić information content (AvgIpc) is 3.01. The van der Waals surface area contributed by atoms with E-state index in [1.165, 1.54) is 89.9 Å². The van der Waals surface area contributed by atoms with Crippen molar-refractivity contribution in [2.24, 2.45) is 11.8 Å². The van der Waals surface area contributed by atoms with Gasteiger partial charge in [0.05, 0.1) is 0 Å². The minimum Gasteiger partial charge on any atom is -0.462 e. The Morgan fingerprint density at radius 2 is 0.844 bits per heavy atom. The monoisotopic (exact) mass is 639 g/mol. The first kappa shape index (κ1) is 43.4. The first-order valence-corrected chi connectivity index (χ1v) is 19.3. The zero-order chi connectivity index (χ0) is 33.4. The van der Waals surface area contributed by atoms with Crippen molar-refractivity contribution in [2.45, 2.75) is 208 Å². The molecule has 0 bridgehead atoms. The van der Waals surface area contributed by atoms with Crippen molar-refractivity contribution in [3.05, 3.63) is 0 Å². The van der Waals surface area contributed by atoms with E-state index in [0.717, 1.165) is 69.6 Å². The molecule has 0 saturated carbocycles. The molecule has 0 rings (SSSR count). The molecule has 0 fully saturated rings. The highest BCUT2D eigenvalue weighted by Gasteiger charge is 2.19. The third kappa shape index (κ3) is 32.2. The Hall–Kier alpha value is -1.59. The van der Waals surface area contributed by atoms with Gasteiger partial charge in [-0.2, -0.15) is 0 Å². The molecule has 0 aliphatic rings. The van der Waals surface area contributed by atoms with Crippen LogP contribution in [-0.2, 0) is 28.6 Å². The van der Waals surface area contributed by atoms with Gasteiger partial charge in [0.15, 0.2) is 6.10 Å². The normalized spacial score (nSPS) is 12.7. The molecule has 0 heterocycles. The highest BCUT2D eigenvalue weighted by atomic mass is 16.6.